The van der Waals surface area contributed by atoms with Gasteiger partial charge in [0.25, 0.3) is 15.9 Å². The van der Waals surface area contributed by atoms with Gasteiger partial charge in [-0.25, -0.2) is 13.2 Å². The first-order valence-electron chi connectivity index (χ1n) is 8.47. The molecule has 1 aromatic heterocycles. The second-order valence-corrected chi connectivity index (χ2v) is 8.04. The van der Waals surface area contributed by atoms with Crippen LogP contribution in [0.4, 0.5) is 5.69 Å². The van der Waals surface area contributed by atoms with Gasteiger partial charge in [-0.05, 0) is 43.2 Å². The minimum Gasteiger partial charge on any atom is -0.408 e. The number of hydrogen-bond donors (Lipinski definition) is 2. The number of likely N-dealkylation sites (tertiary alicyclic amines) is 1. The summed E-state index contributed by atoms with van der Waals surface area (Å²) in [7, 11) is -3.91. The number of anilines is 1. The third-order valence-corrected chi connectivity index (χ3v) is 5.84. The molecule has 4 rings (SSSR count). The van der Waals surface area contributed by atoms with E-state index in [9.17, 15) is 18.0 Å². The highest BCUT2D eigenvalue weighted by atomic mass is 32.2. The van der Waals surface area contributed by atoms with Crippen molar-refractivity contribution in [1.82, 2.24) is 9.88 Å². The van der Waals surface area contributed by atoms with Crippen molar-refractivity contribution in [1.29, 1.82) is 0 Å². The maximum absolute atomic E-state index is 12.7. The van der Waals surface area contributed by atoms with Gasteiger partial charge in [-0.1, -0.05) is 6.07 Å². The Hall–Kier alpha value is -3.07. The maximum Gasteiger partial charge on any atom is 0.417 e. The molecule has 1 aliphatic heterocycles. The lowest BCUT2D eigenvalue weighted by Crippen LogP contribution is -2.27. The molecule has 8 nitrogen and oxygen atoms in total. The molecule has 0 atom stereocenters. The molecule has 2 heterocycles. The van der Waals surface area contributed by atoms with E-state index in [1.165, 1.54) is 24.3 Å². The van der Waals surface area contributed by atoms with E-state index in [0.29, 0.717) is 11.1 Å². The van der Waals surface area contributed by atoms with Crippen LogP contribution in [0.5, 0.6) is 0 Å². The van der Waals surface area contributed by atoms with Gasteiger partial charge in [0.2, 0.25) is 0 Å². The number of hydrogen-bond acceptors (Lipinski definition) is 5. The molecular formula is C18H17N3O5S. The number of carbonyl (C=O) groups excluding carboxylic acids is 1. The predicted octanol–water partition coefficient (Wildman–Crippen LogP) is 2.16. The lowest BCUT2D eigenvalue weighted by Gasteiger charge is -2.16. The Kier molecular flexibility index (Phi) is 4.23. The molecule has 0 unspecified atom stereocenters. The molecule has 1 aliphatic rings. The number of sulfonamides is 1. The lowest BCUT2D eigenvalue weighted by molar-refractivity contribution is 0.0793. The highest BCUT2D eigenvalue weighted by Crippen LogP contribution is 2.21. The second-order valence-electron chi connectivity index (χ2n) is 6.36. The molecule has 2 aromatic carbocycles. The molecular weight excluding hydrogens is 370 g/mol. The third-order valence-electron chi connectivity index (χ3n) is 4.46. The van der Waals surface area contributed by atoms with Crippen LogP contribution in [0.25, 0.3) is 11.1 Å². The van der Waals surface area contributed by atoms with Crippen molar-refractivity contribution in [3.05, 3.63) is 58.6 Å². The first kappa shape index (κ1) is 17.3. The van der Waals surface area contributed by atoms with Crippen LogP contribution >= 0.6 is 0 Å². The Morgan fingerprint density at radius 2 is 1.89 bits per heavy atom. The molecule has 0 saturated carbocycles. The van der Waals surface area contributed by atoms with E-state index in [4.69, 9.17) is 4.42 Å². The normalized spacial score (nSPS) is 14.6. The molecule has 0 aliphatic carbocycles. The van der Waals surface area contributed by atoms with E-state index in [2.05, 4.69) is 9.71 Å². The number of amides is 1. The molecule has 9 heteroatoms. The number of fused-ring (bicyclic) bond motifs is 1. The van der Waals surface area contributed by atoms with E-state index in [1.807, 2.05) is 0 Å². The Balaban J connectivity index is 1.60. The van der Waals surface area contributed by atoms with Crippen LogP contribution in [0, 0.1) is 0 Å². The van der Waals surface area contributed by atoms with Gasteiger partial charge in [0.1, 0.15) is 0 Å². The topological polar surface area (TPSA) is 112 Å². The first-order valence-corrected chi connectivity index (χ1v) is 9.96. The fraction of sp³-hybridized carbons (Fsp3) is 0.222. The summed E-state index contributed by atoms with van der Waals surface area (Å²) in [5, 5.41) is 0. The number of nitrogens with zero attached hydrogens (tertiary/aromatic N) is 1. The van der Waals surface area contributed by atoms with Crippen molar-refractivity contribution >= 4 is 32.7 Å². The molecule has 140 valence electrons. The van der Waals surface area contributed by atoms with Gasteiger partial charge in [0.15, 0.2) is 5.58 Å². The first-order chi connectivity index (χ1) is 12.9. The predicted molar refractivity (Wildman–Crippen MR) is 99.2 cm³/mol. The SMILES string of the molecule is O=C(c1cccc(NS(=O)(=O)c2ccc3[nH]c(=O)oc3c2)c1)N1CCCC1. The van der Waals surface area contributed by atoms with Gasteiger partial charge in [-0.2, -0.15) is 0 Å². The van der Waals surface area contributed by atoms with Crippen LogP contribution < -0.4 is 10.5 Å². The Bertz CT molecular complexity index is 1170. The fourth-order valence-electron chi connectivity index (χ4n) is 3.13. The van der Waals surface area contributed by atoms with E-state index < -0.39 is 15.8 Å². The Labute approximate surface area is 154 Å². The highest BCUT2D eigenvalue weighted by Gasteiger charge is 2.21. The summed E-state index contributed by atoms with van der Waals surface area (Å²) in [6, 6.07) is 10.5. The van der Waals surface area contributed by atoms with Crippen LogP contribution in [0.2, 0.25) is 0 Å². The van der Waals surface area contributed by atoms with Crippen molar-refractivity contribution in [2.45, 2.75) is 17.7 Å². The van der Waals surface area contributed by atoms with E-state index in [0.717, 1.165) is 25.9 Å². The van der Waals surface area contributed by atoms with E-state index in [-0.39, 0.29) is 22.1 Å². The third kappa shape index (κ3) is 3.45. The van der Waals surface area contributed by atoms with Crippen LogP contribution in [0.15, 0.2) is 56.6 Å². The molecule has 3 aromatic rings. The number of aromatic nitrogens is 1. The summed E-state index contributed by atoms with van der Waals surface area (Å²) in [5.74, 6) is -0.760. The van der Waals surface area contributed by atoms with Crippen molar-refractivity contribution in [3.63, 3.8) is 0 Å². The molecule has 1 saturated heterocycles. The molecule has 27 heavy (non-hydrogen) atoms. The quantitative estimate of drug-likeness (QED) is 0.712. The Morgan fingerprint density at radius 1 is 1.11 bits per heavy atom. The summed E-state index contributed by atoms with van der Waals surface area (Å²) in [5.41, 5.74) is 1.29. The summed E-state index contributed by atoms with van der Waals surface area (Å²) in [6.45, 7) is 1.44. The maximum atomic E-state index is 12.7. The zero-order valence-corrected chi connectivity index (χ0v) is 15.1. The monoisotopic (exact) mass is 387 g/mol. The molecule has 0 spiro atoms. The molecule has 2 N–H and O–H groups in total. The summed E-state index contributed by atoms with van der Waals surface area (Å²) in [6.07, 6.45) is 1.96. The average Bonchev–Trinajstić information content (AvgIpc) is 3.28. The van der Waals surface area contributed by atoms with Gasteiger partial charge >= 0.3 is 5.76 Å². The minimum atomic E-state index is -3.91. The lowest BCUT2D eigenvalue weighted by atomic mass is 10.2. The largest absolute Gasteiger partial charge is 0.417 e. The van der Waals surface area contributed by atoms with Crippen molar-refractivity contribution in [3.8, 4) is 0 Å². The number of aromatic amines is 1. The number of rotatable bonds is 4. The number of nitrogens with one attached hydrogen (secondary N) is 2. The average molecular weight is 387 g/mol. The number of benzene rings is 2. The molecule has 0 bridgehead atoms. The second kappa shape index (κ2) is 6.58. The van der Waals surface area contributed by atoms with Gasteiger partial charge in [-0.3, -0.25) is 14.5 Å². The zero-order valence-electron chi connectivity index (χ0n) is 14.3. The summed E-state index contributed by atoms with van der Waals surface area (Å²) >= 11 is 0. The fourth-order valence-corrected chi connectivity index (χ4v) is 4.19. The molecule has 1 amide bonds. The van der Waals surface area contributed by atoms with E-state index >= 15 is 0 Å². The molecule has 1 fully saturated rings. The van der Waals surface area contributed by atoms with Crippen LogP contribution in [0.1, 0.15) is 23.2 Å². The zero-order chi connectivity index (χ0) is 19.0. The van der Waals surface area contributed by atoms with Crippen molar-refractivity contribution in [2.75, 3.05) is 17.8 Å². The smallest absolute Gasteiger partial charge is 0.408 e. The standard InChI is InChI=1S/C18H17N3O5S/c22-17(21-8-1-2-9-21)12-4-3-5-13(10-12)20-27(24,25)14-6-7-15-16(11-14)26-18(23)19-15/h3-7,10-11,20H,1-2,8-9H2,(H,19,23). The highest BCUT2D eigenvalue weighted by molar-refractivity contribution is 7.92. The minimum absolute atomic E-state index is 0.0472. The number of H-pyrrole nitrogens is 1. The summed E-state index contributed by atoms with van der Waals surface area (Å²) in [4.78, 5) is 27.9. The van der Waals surface area contributed by atoms with Gasteiger partial charge in [-0.15, -0.1) is 0 Å². The van der Waals surface area contributed by atoms with Crippen molar-refractivity contribution in [2.24, 2.45) is 0 Å². The van der Waals surface area contributed by atoms with Crippen LogP contribution in [0.3, 0.4) is 0 Å². The molecule has 0 radical (unpaired) electrons. The number of oxazole rings is 1. The van der Waals surface area contributed by atoms with Crippen LogP contribution in [-0.4, -0.2) is 37.3 Å². The van der Waals surface area contributed by atoms with Crippen molar-refractivity contribution < 1.29 is 17.6 Å². The van der Waals surface area contributed by atoms with Gasteiger partial charge < -0.3 is 9.32 Å². The van der Waals surface area contributed by atoms with Gasteiger partial charge in [0, 0.05) is 30.4 Å². The van der Waals surface area contributed by atoms with E-state index in [1.54, 1.807) is 23.1 Å². The number of carbonyl (C=O) groups is 1. The van der Waals surface area contributed by atoms with Gasteiger partial charge in [0.05, 0.1) is 10.4 Å². The van der Waals surface area contributed by atoms with Crippen LogP contribution in [-0.2, 0) is 10.0 Å². The summed E-state index contributed by atoms with van der Waals surface area (Å²) < 4.78 is 32.7. The Morgan fingerprint density at radius 3 is 2.67 bits per heavy atom.